The lowest BCUT2D eigenvalue weighted by molar-refractivity contribution is -0.111. The van der Waals surface area contributed by atoms with Crippen LogP contribution < -0.4 is 19.5 Å². The molecule has 6 heteroatoms. The molecule has 0 heterocycles. The zero-order valence-electron chi connectivity index (χ0n) is 13.6. The standard InChI is InChI=1S/C18H18BrNO4/c1-22-14-6-4-5-13(11-14)20-17(21)8-7-12-9-15(19)18(24-3)16(10-12)23-2/h4-11H,1-3H3,(H,20,21). The van der Waals surface area contributed by atoms with E-state index in [4.69, 9.17) is 14.2 Å². The summed E-state index contributed by atoms with van der Waals surface area (Å²) in [7, 11) is 4.71. The lowest BCUT2D eigenvalue weighted by Crippen LogP contribution is -2.07. The van der Waals surface area contributed by atoms with Crippen LogP contribution >= 0.6 is 15.9 Å². The van der Waals surface area contributed by atoms with E-state index in [0.29, 0.717) is 22.9 Å². The first kappa shape index (κ1) is 17.9. The van der Waals surface area contributed by atoms with Gasteiger partial charge in [-0.15, -0.1) is 0 Å². The van der Waals surface area contributed by atoms with Crippen LogP contribution in [0, 0.1) is 0 Å². The number of methoxy groups -OCH3 is 3. The Balaban J connectivity index is 2.12. The molecule has 0 radical (unpaired) electrons. The smallest absolute Gasteiger partial charge is 0.248 e. The molecule has 0 fully saturated rings. The van der Waals surface area contributed by atoms with Crippen molar-refractivity contribution in [2.75, 3.05) is 26.6 Å². The molecule has 0 spiro atoms. The number of rotatable bonds is 6. The predicted molar refractivity (Wildman–Crippen MR) is 97.9 cm³/mol. The van der Waals surface area contributed by atoms with Gasteiger partial charge in [-0.2, -0.15) is 0 Å². The van der Waals surface area contributed by atoms with Gasteiger partial charge in [0.15, 0.2) is 11.5 Å². The van der Waals surface area contributed by atoms with Gasteiger partial charge < -0.3 is 19.5 Å². The van der Waals surface area contributed by atoms with E-state index in [0.717, 1.165) is 10.0 Å². The number of hydrogen-bond donors (Lipinski definition) is 1. The van der Waals surface area contributed by atoms with Crippen molar-refractivity contribution in [1.29, 1.82) is 0 Å². The fraction of sp³-hybridized carbons (Fsp3) is 0.167. The van der Waals surface area contributed by atoms with E-state index < -0.39 is 0 Å². The summed E-state index contributed by atoms with van der Waals surface area (Å²) in [6.07, 6.45) is 3.15. The van der Waals surface area contributed by atoms with Gasteiger partial charge in [-0.3, -0.25) is 4.79 Å². The van der Waals surface area contributed by atoms with E-state index >= 15 is 0 Å². The molecule has 2 aromatic carbocycles. The zero-order valence-corrected chi connectivity index (χ0v) is 15.2. The summed E-state index contributed by atoms with van der Waals surface area (Å²) in [6, 6.07) is 10.8. The quantitative estimate of drug-likeness (QED) is 0.752. The van der Waals surface area contributed by atoms with Crippen LogP contribution in [-0.2, 0) is 4.79 Å². The van der Waals surface area contributed by atoms with Crippen molar-refractivity contribution in [1.82, 2.24) is 0 Å². The Morgan fingerprint density at radius 1 is 1.08 bits per heavy atom. The van der Waals surface area contributed by atoms with Gasteiger partial charge in [0.05, 0.1) is 25.8 Å². The molecule has 2 rings (SSSR count). The second-order valence-corrected chi connectivity index (χ2v) is 5.65. The van der Waals surface area contributed by atoms with Crippen LogP contribution in [0.2, 0.25) is 0 Å². The summed E-state index contributed by atoms with van der Waals surface area (Å²) in [5.41, 5.74) is 1.47. The summed E-state index contributed by atoms with van der Waals surface area (Å²) in [5.74, 6) is 1.63. The monoisotopic (exact) mass is 391 g/mol. The number of anilines is 1. The average molecular weight is 392 g/mol. The Hall–Kier alpha value is -2.47. The van der Waals surface area contributed by atoms with Crippen LogP contribution in [0.1, 0.15) is 5.56 Å². The SMILES string of the molecule is COc1cccc(NC(=O)C=Cc2cc(Br)c(OC)c(OC)c2)c1. The van der Waals surface area contributed by atoms with Gasteiger partial charge in [0, 0.05) is 17.8 Å². The molecule has 0 atom stereocenters. The highest BCUT2D eigenvalue weighted by Crippen LogP contribution is 2.36. The van der Waals surface area contributed by atoms with Crippen molar-refractivity contribution in [3.05, 3.63) is 52.5 Å². The van der Waals surface area contributed by atoms with E-state index in [1.165, 1.54) is 6.08 Å². The maximum Gasteiger partial charge on any atom is 0.248 e. The Kier molecular flexibility index (Phi) is 6.26. The third-order valence-corrected chi connectivity index (χ3v) is 3.81. The normalized spacial score (nSPS) is 10.5. The van der Waals surface area contributed by atoms with E-state index in [1.807, 2.05) is 18.2 Å². The van der Waals surface area contributed by atoms with Crippen LogP contribution in [0.4, 0.5) is 5.69 Å². The molecule has 0 aliphatic heterocycles. The molecule has 0 bridgehead atoms. The van der Waals surface area contributed by atoms with E-state index in [1.54, 1.807) is 45.6 Å². The lowest BCUT2D eigenvalue weighted by Gasteiger charge is -2.10. The van der Waals surface area contributed by atoms with Crippen molar-refractivity contribution in [2.45, 2.75) is 0 Å². The Labute approximate surface area is 149 Å². The van der Waals surface area contributed by atoms with Gasteiger partial charge in [0.1, 0.15) is 5.75 Å². The molecule has 0 aromatic heterocycles. The highest BCUT2D eigenvalue weighted by molar-refractivity contribution is 9.10. The van der Waals surface area contributed by atoms with Gasteiger partial charge in [-0.05, 0) is 51.8 Å². The highest BCUT2D eigenvalue weighted by Gasteiger charge is 2.09. The molecule has 0 aliphatic rings. The fourth-order valence-corrected chi connectivity index (χ4v) is 2.71. The number of hydrogen-bond acceptors (Lipinski definition) is 4. The number of benzene rings is 2. The number of nitrogens with one attached hydrogen (secondary N) is 1. The van der Waals surface area contributed by atoms with Crippen molar-refractivity contribution in [3.63, 3.8) is 0 Å². The molecule has 126 valence electrons. The third-order valence-electron chi connectivity index (χ3n) is 3.22. The molecule has 0 saturated carbocycles. The van der Waals surface area contributed by atoms with Crippen molar-refractivity contribution in [2.24, 2.45) is 0 Å². The van der Waals surface area contributed by atoms with Gasteiger partial charge in [0.2, 0.25) is 5.91 Å². The molecular weight excluding hydrogens is 374 g/mol. The van der Waals surface area contributed by atoms with Crippen LogP contribution in [0.5, 0.6) is 17.2 Å². The fourth-order valence-electron chi connectivity index (χ4n) is 2.09. The first-order valence-electron chi connectivity index (χ1n) is 7.12. The Morgan fingerprint density at radius 3 is 2.54 bits per heavy atom. The summed E-state index contributed by atoms with van der Waals surface area (Å²) in [5, 5.41) is 2.78. The maximum atomic E-state index is 12.0. The molecule has 0 unspecified atom stereocenters. The summed E-state index contributed by atoms with van der Waals surface area (Å²) in [4.78, 5) is 12.0. The summed E-state index contributed by atoms with van der Waals surface area (Å²) < 4.78 is 16.4. The molecule has 0 aliphatic carbocycles. The van der Waals surface area contributed by atoms with E-state index in [-0.39, 0.29) is 5.91 Å². The second-order valence-electron chi connectivity index (χ2n) is 4.79. The van der Waals surface area contributed by atoms with E-state index in [9.17, 15) is 4.79 Å². The number of ether oxygens (including phenoxy) is 3. The van der Waals surface area contributed by atoms with Gasteiger partial charge >= 0.3 is 0 Å². The van der Waals surface area contributed by atoms with Crippen LogP contribution in [0.3, 0.4) is 0 Å². The number of halogens is 1. The lowest BCUT2D eigenvalue weighted by atomic mass is 10.2. The molecule has 1 N–H and O–H groups in total. The third kappa shape index (κ3) is 4.52. The van der Waals surface area contributed by atoms with Gasteiger partial charge in [0.25, 0.3) is 0 Å². The highest BCUT2D eigenvalue weighted by atomic mass is 79.9. The number of amides is 1. The first-order chi connectivity index (χ1) is 11.6. The number of carbonyl (C=O) groups excluding carboxylic acids is 1. The van der Waals surface area contributed by atoms with Crippen LogP contribution in [-0.4, -0.2) is 27.2 Å². The predicted octanol–water partition coefficient (Wildman–Crippen LogP) is 4.13. The minimum absolute atomic E-state index is 0.242. The minimum Gasteiger partial charge on any atom is -0.497 e. The van der Waals surface area contributed by atoms with Crippen molar-refractivity contribution in [3.8, 4) is 17.2 Å². The van der Waals surface area contributed by atoms with Crippen molar-refractivity contribution < 1.29 is 19.0 Å². The Bertz CT molecular complexity index is 759. The molecule has 0 saturated heterocycles. The van der Waals surface area contributed by atoms with Crippen LogP contribution in [0.25, 0.3) is 6.08 Å². The largest absolute Gasteiger partial charge is 0.497 e. The first-order valence-corrected chi connectivity index (χ1v) is 7.91. The van der Waals surface area contributed by atoms with E-state index in [2.05, 4.69) is 21.2 Å². The molecule has 5 nitrogen and oxygen atoms in total. The average Bonchev–Trinajstić information content (AvgIpc) is 2.59. The molecule has 1 amide bonds. The Morgan fingerprint density at radius 2 is 1.88 bits per heavy atom. The zero-order chi connectivity index (χ0) is 17.5. The maximum absolute atomic E-state index is 12.0. The van der Waals surface area contributed by atoms with Gasteiger partial charge in [-0.25, -0.2) is 0 Å². The molecule has 2 aromatic rings. The van der Waals surface area contributed by atoms with Crippen molar-refractivity contribution >= 4 is 33.6 Å². The minimum atomic E-state index is -0.242. The topological polar surface area (TPSA) is 56.8 Å². The second kappa shape index (κ2) is 8.40. The number of carbonyl (C=O) groups is 1. The summed E-state index contributed by atoms with van der Waals surface area (Å²) in [6.45, 7) is 0. The molecule has 24 heavy (non-hydrogen) atoms. The van der Waals surface area contributed by atoms with Gasteiger partial charge in [-0.1, -0.05) is 6.07 Å². The molecular formula is C18H18BrNO4. The summed E-state index contributed by atoms with van der Waals surface area (Å²) >= 11 is 3.42. The van der Waals surface area contributed by atoms with Crippen LogP contribution in [0.15, 0.2) is 46.9 Å².